The molecular weight excluding hydrogens is 450 g/mol. The number of rotatable bonds is 7. The molecular formula is C26H29N3O4S. The maximum absolute atomic E-state index is 13.6. The molecule has 1 amide bonds. The average Bonchev–Trinajstić information content (AvgIpc) is 3.24. The van der Waals surface area contributed by atoms with Crippen LogP contribution in [0.5, 0.6) is 0 Å². The fraction of sp³-hybridized carbons (Fsp3) is 0.308. The van der Waals surface area contributed by atoms with E-state index in [1.807, 2.05) is 54.6 Å². The molecule has 1 N–H and O–H groups in total. The number of benzene rings is 2. The first kappa shape index (κ1) is 23.9. The second-order valence-electron chi connectivity index (χ2n) is 8.45. The van der Waals surface area contributed by atoms with Crippen LogP contribution in [-0.2, 0) is 21.2 Å². The second-order valence-corrected chi connectivity index (χ2v) is 10.3. The molecule has 4 rings (SSSR count). The summed E-state index contributed by atoms with van der Waals surface area (Å²) in [6.45, 7) is 4.14. The highest BCUT2D eigenvalue weighted by molar-refractivity contribution is 7.89. The third kappa shape index (κ3) is 5.29. The van der Waals surface area contributed by atoms with Crippen molar-refractivity contribution in [3.63, 3.8) is 0 Å². The topological polar surface area (TPSA) is 92.5 Å². The van der Waals surface area contributed by atoms with Gasteiger partial charge in [-0.3, -0.25) is 4.79 Å². The number of aryl methyl sites for hydroxylation is 2. The summed E-state index contributed by atoms with van der Waals surface area (Å²) in [6.07, 6.45) is 5.52. The van der Waals surface area contributed by atoms with Gasteiger partial charge in [0.05, 0.1) is 5.92 Å². The Morgan fingerprint density at radius 2 is 1.97 bits per heavy atom. The summed E-state index contributed by atoms with van der Waals surface area (Å²) < 4.78 is 33.9. The molecule has 0 saturated carbocycles. The maximum Gasteiger partial charge on any atom is 0.248 e. The van der Waals surface area contributed by atoms with Gasteiger partial charge in [0.1, 0.15) is 5.69 Å². The largest absolute Gasteiger partial charge is 0.355 e. The zero-order valence-electron chi connectivity index (χ0n) is 19.4. The monoisotopic (exact) mass is 479 g/mol. The van der Waals surface area contributed by atoms with Gasteiger partial charge < -0.3 is 9.84 Å². The number of sulfonamides is 1. The third-order valence-corrected chi connectivity index (χ3v) is 8.04. The highest BCUT2D eigenvalue weighted by atomic mass is 32.2. The first-order chi connectivity index (χ1) is 16.4. The van der Waals surface area contributed by atoms with Gasteiger partial charge in [0.25, 0.3) is 0 Å². The van der Waals surface area contributed by atoms with Crippen LogP contribution >= 0.6 is 0 Å². The normalized spacial score (nSPS) is 17.2. The van der Waals surface area contributed by atoms with Crippen LogP contribution in [0.1, 0.15) is 42.3 Å². The van der Waals surface area contributed by atoms with E-state index < -0.39 is 15.9 Å². The fourth-order valence-electron chi connectivity index (χ4n) is 4.15. The van der Waals surface area contributed by atoms with Gasteiger partial charge in [-0.05, 0) is 55.5 Å². The van der Waals surface area contributed by atoms with E-state index in [-0.39, 0.29) is 23.1 Å². The van der Waals surface area contributed by atoms with E-state index in [9.17, 15) is 13.2 Å². The Balaban J connectivity index is 1.52. The molecule has 1 fully saturated rings. The van der Waals surface area contributed by atoms with Gasteiger partial charge in [0.15, 0.2) is 10.7 Å². The Morgan fingerprint density at radius 1 is 1.18 bits per heavy atom. The summed E-state index contributed by atoms with van der Waals surface area (Å²) in [4.78, 5) is 13.0. The summed E-state index contributed by atoms with van der Waals surface area (Å²) in [5, 5.41) is 6.86. The Kier molecular flexibility index (Phi) is 7.29. The van der Waals surface area contributed by atoms with Crippen LogP contribution in [0.15, 0.2) is 64.0 Å². The molecule has 1 unspecified atom stereocenters. The number of amides is 1. The molecule has 1 aromatic heterocycles. The van der Waals surface area contributed by atoms with Crippen LogP contribution in [0.4, 0.5) is 5.69 Å². The number of piperidine rings is 1. The second kappa shape index (κ2) is 10.4. The minimum Gasteiger partial charge on any atom is -0.355 e. The Morgan fingerprint density at radius 3 is 2.74 bits per heavy atom. The van der Waals surface area contributed by atoms with Gasteiger partial charge in [-0.2, -0.15) is 4.31 Å². The SMILES string of the molecule is CCc1cccc(NC(=O)C2CCCN(S(=O)(=O)c3c(C)noc3/C=C/c3ccccc3)C2)c1. The van der Waals surface area contributed by atoms with Crippen molar-refractivity contribution in [2.24, 2.45) is 5.92 Å². The summed E-state index contributed by atoms with van der Waals surface area (Å²) in [5.74, 6) is -0.416. The van der Waals surface area contributed by atoms with Crippen LogP contribution < -0.4 is 5.32 Å². The van der Waals surface area contributed by atoms with Crippen LogP contribution in [0.3, 0.4) is 0 Å². The highest BCUT2D eigenvalue weighted by Crippen LogP contribution is 2.29. The summed E-state index contributed by atoms with van der Waals surface area (Å²) >= 11 is 0. The number of nitrogens with zero attached hydrogens (tertiary/aromatic N) is 2. The van der Waals surface area contributed by atoms with Crippen molar-refractivity contribution >= 4 is 33.8 Å². The molecule has 2 aromatic carbocycles. The predicted molar refractivity (Wildman–Crippen MR) is 133 cm³/mol. The summed E-state index contributed by atoms with van der Waals surface area (Å²) in [6, 6.07) is 17.3. The van der Waals surface area contributed by atoms with Crippen molar-refractivity contribution in [2.75, 3.05) is 18.4 Å². The summed E-state index contributed by atoms with van der Waals surface area (Å²) in [5.41, 5.74) is 3.08. The Bertz CT molecular complexity index is 1280. The lowest BCUT2D eigenvalue weighted by Gasteiger charge is -2.31. The summed E-state index contributed by atoms with van der Waals surface area (Å²) in [7, 11) is -3.89. The van der Waals surface area contributed by atoms with Crippen molar-refractivity contribution in [3.05, 3.63) is 77.2 Å². The number of anilines is 1. The molecule has 178 valence electrons. The average molecular weight is 480 g/mol. The molecule has 0 radical (unpaired) electrons. The molecule has 0 bridgehead atoms. The molecule has 2 heterocycles. The molecule has 8 heteroatoms. The molecule has 0 spiro atoms. The Labute approximate surface area is 200 Å². The third-order valence-electron chi connectivity index (χ3n) is 6.02. The number of hydrogen-bond acceptors (Lipinski definition) is 5. The Hall–Kier alpha value is -3.23. The fourth-order valence-corrected chi connectivity index (χ4v) is 5.93. The van der Waals surface area contributed by atoms with E-state index in [1.165, 1.54) is 4.31 Å². The van der Waals surface area contributed by atoms with E-state index in [0.29, 0.717) is 25.1 Å². The lowest BCUT2D eigenvalue weighted by molar-refractivity contribution is -0.120. The molecule has 1 saturated heterocycles. The lowest BCUT2D eigenvalue weighted by Crippen LogP contribution is -2.43. The van der Waals surface area contributed by atoms with Gasteiger partial charge in [-0.15, -0.1) is 0 Å². The van der Waals surface area contributed by atoms with Crippen molar-refractivity contribution in [2.45, 2.75) is 38.0 Å². The van der Waals surface area contributed by atoms with Crippen LogP contribution in [0.2, 0.25) is 0 Å². The molecule has 0 aliphatic carbocycles. The number of carbonyl (C=O) groups excluding carboxylic acids is 1. The van der Waals surface area contributed by atoms with Gasteiger partial charge in [-0.25, -0.2) is 8.42 Å². The van der Waals surface area contributed by atoms with Crippen LogP contribution in [-0.4, -0.2) is 36.9 Å². The van der Waals surface area contributed by atoms with Gasteiger partial charge in [0.2, 0.25) is 15.9 Å². The van der Waals surface area contributed by atoms with Crippen LogP contribution in [0.25, 0.3) is 12.2 Å². The first-order valence-electron chi connectivity index (χ1n) is 11.5. The highest BCUT2D eigenvalue weighted by Gasteiger charge is 2.37. The van der Waals surface area contributed by atoms with Crippen molar-refractivity contribution in [1.29, 1.82) is 0 Å². The quantitative estimate of drug-likeness (QED) is 0.528. The smallest absolute Gasteiger partial charge is 0.248 e. The van der Waals surface area contributed by atoms with Crippen molar-refractivity contribution in [3.8, 4) is 0 Å². The molecule has 1 aliphatic heterocycles. The van der Waals surface area contributed by atoms with Gasteiger partial charge in [-0.1, -0.05) is 60.6 Å². The lowest BCUT2D eigenvalue weighted by atomic mass is 9.98. The number of hydrogen-bond donors (Lipinski definition) is 1. The predicted octanol–water partition coefficient (Wildman–Crippen LogP) is 4.76. The number of aromatic nitrogens is 1. The number of carbonyl (C=O) groups is 1. The number of nitrogens with one attached hydrogen (secondary N) is 1. The van der Waals surface area contributed by atoms with Crippen molar-refractivity contribution < 1.29 is 17.7 Å². The van der Waals surface area contributed by atoms with Crippen LogP contribution in [0, 0.1) is 12.8 Å². The van der Waals surface area contributed by atoms with E-state index in [4.69, 9.17) is 4.52 Å². The van der Waals surface area contributed by atoms with Gasteiger partial charge >= 0.3 is 0 Å². The zero-order chi connectivity index (χ0) is 24.1. The standard InChI is InChI=1S/C26H29N3O4S/c1-3-20-11-7-13-23(17-20)27-26(30)22-12-8-16-29(18-22)34(31,32)25-19(2)28-33-24(25)15-14-21-9-5-4-6-10-21/h4-7,9-11,13-15,17,22H,3,8,12,16,18H2,1-2H3,(H,27,30)/b15-14+. The molecule has 1 aliphatic rings. The van der Waals surface area contributed by atoms with Gasteiger partial charge in [0, 0.05) is 18.8 Å². The van der Waals surface area contributed by atoms with Crippen molar-refractivity contribution in [1.82, 2.24) is 9.46 Å². The van der Waals surface area contributed by atoms with E-state index in [0.717, 1.165) is 23.2 Å². The minimum atomic E-state index is -3.89. The molecule has 7 nitrogen and oxygen atoms in total. The zero-order valence-corrected chi connectivity index (χ0v) is 20.2. The van der Waals surface area contributed by atoms with E-state index in [2.05, 4.69) is 17.4 Å². The maximum atomic E-state index is 13.6. The van der Waals surface area contributed by atoms with E-state index in [1.54, 1.807) is 19.1 Å². The molecule has 1 atom stereocenters. The molecule has 3 aromatic rings. The first-order valence-corrected chi connectivity index (χ1v) is 12.9. The minimum absolute atomic E-state index is 0.0522. The molecule has 34 heavy (non-hydrogen) atoms. The van der Waals surface area contributed by atoms with E-state index >= 15 is 0 Å².